The second-order valence-electron chi connectivity index (χ2n) is 5.85. The van der Waals surface area contributed by atoms with E-state index in [2.05, 4.69) is 30.5 Å². The topological polar surface area (TPSA) is 95.9 Å². The first-order valence-corrected chi connectivity index (χ1v) is 9.54. The zero-order chi connectivity index (χ0) is 19.2. The lowest BCUT2D eigenvalue weighted by molar-refractivity contribution is 0.949. The first kappa shape index (κ1) is 17.9. The van der Waals surface area contributed by atoms with E-state index in [-0.39, 0.29) is 11.1 Å². The Hall–Kier alpha value is -3.52. The maximum Gasteiger partial charge on any atom is 0.279 e. The number of aromatic nitrogens is 4. The van der Waals surface area contributed by atoms with E-state index in [1.807, 2.05) is 60.7 Å². The van der Waals surface area contributed by atoms with Gasteiger partial charge in [-0.15, -0.1) is 0 Å². The van der Waals surface area contributed by atoms with Crippen molar-refractivity contribution in [3.8, 4) is 0 Å². The molecule has 0 unspecified atom stereocenters. The number of para-hydroxylation sites is 1. The predicted molar refractivity (Wildman–Crippen MR) is 112 cm³/mol. The summed E-state index contributed by atoms with van der Waals surface area (Å²) in [5, 5.41) is 4.63. The molecule has 2 N–H and O–H groups in total. The number of nitrogens with one attached hydrogen (secondary N) is 2. The molecule has 0 spiro atoms. The third-order valence-corrected chi connectivity index (χ3v) is 4.74. The Kier molecular flexibility index (Phi) is 5.39. The largest absolute Gasteiger partial charge is 0.299 e. The Labute approximate surface area is 165 Å². The van der Waals surface area contributed by atoms with Crippen LogP contribution in [0.15, 0.2) is 81.9 Å². The highest BCUT2D eigenvalue weighted by molar-refractivity contribution is 7.98. The summed E-state index contributed by atoms with van der Waals surface area (Å²) in [7, 11) is 0. The highest BCUT2D eigenvalue weighted by Crippen LogP contribution is 2.18. The molecule has 0 aliphatic carbocycles. The second kappa shape index (κ2) is 8.45. The van der Waals surface area contributed by atoms with Crippen LogP contribution >= 0.6 is 11.8 Å². The standard InChI is InChI=1S/C20H16N6OS/c27-19-17-18(24-20(25-19)28-13-14-7-3-1-4-8-14)21-11-16(23-17)12-22-26-15-9-5-2-6-10-15/h1-12,26H,13H2,(H,21,24,25,27)/b22-12+. The average Bonchev–Trinajstić information content (AvgIpc) is 2.74. The molecule has 0 bridgehead atoms. The molecule has 8 heteroatoms. The van der Waals surface area contributed by atoms with Crippen LogP contribution in [0.3, 0.4) is 0 Å². The molecule has 0 saturated carbocycles. The van der Waals surface area contributed by atoms with Crippen LogP contribution in [-0.2, 0) is 5.75 Å². The van der Waals surface area contributed by atoms with Gasteiger partial charge >= 0.3 is 0 Å². The van der Waals surface area contributed by atoms with Crippen LogP contribution in [0.1, 0.15) is 11.3 Å². The van der Waals surface area contributed by atoms with E-state index in [0.717, 1.165) is 11.3 Å². The van der Waals surface area contributed by atoms with Crippen LogP contribution in [0.25, 0.3) is 11.2 Å². The van der Waals surface area contributed by atoms with Crippen LogP contribution in [-0.4, -0.2) is 26.2 Å². The fraction of sp³-hybridized carbons (Fsp3) is 0.0500. The van der Waals surface area contributed by atoms with Gasteiger partial charge in [0, 0.05) is 5.75 Å². The molecular weight excluding hydrogens is 372 g/mol. The molecule has 0 amide bonds. The number of hydrogen-bond acceptors (Lipinski definition) is 7. The van der Waals surface area contributed by atoms with Crippen molar-refractivity contribution in [3.63, 3.8) is 0 Å². The Morgan fingerprint density at radius 3 is 2.57 bits per heavy atom. The molecule has 2 aromatic carbocycles. The number of nitrogens with zero attached hydrogens (tertiary/aromatic N) is 4. The fourth-order valence-electron chi connectivity index (χ4n) is 2.45. The molecule has 0 aliphatic heterocycles. The number of anilines is 1. The SMILES string of the molecule is O=c1[nH]c(SCc2ccccc2)nc2ncc(/C=N/Nc3ccccc3)nc12. The van der Waals surface area contributed by atoms with E-state index in [9.17, 15) is 4.79 Å². The summed E-state index contributed by atoms with van der Waals surface area (Å²) in [5.41, 5.74) is 5.55. The lowest BCUT2D eigenvalue weighted by atomic mass is 10.2. The molecule has 0 radical (unpaired) electrons. The van der Waals surface area contributed by atoms with Gasteiger partial charge in [-0.1, -0.05) is 60.3 Å². The molecule has 0 aliphatic rings. The maximum absolute atomic E-state index is 12.4. The zero-order valence-corrected chi connectivity index (χ0v) is 15.6. The van der Waals surface area contributed by atoms with Crippen molar-refractivity contribution in [2.24, 2.45) is 5.10 Å². The molecule has 4 aromatic rings. The molecule has 0 fully saturated rings. The van der Waals surface area contributed by atoms with Crippen molar-refractivity contribution < 1.29 is 0 Å². The van der Waals surface area contributed by atoms with Crippen LogP contribution in [0.4, 0.5) is 5.69 Å². The predicted octanol–water partition coefficient (Wildman–Crippen LogP) is 3.45. The average molecular weight is 388 g/mol. The highest BCUT2D eigenvalue weighted by Gasteiger charge is 2.08. The summed E-state index contributed by atoms with van der Waals surface area (Å²) in [4.78, 5) is 28.1. The summed E-state index contributed by atoms with van der Waals surface area (Å²) >= 11 is 1.45. The summed E-state index contributed by atoms with van der Waals surface area (Å²) in [6.45, 7) is 0. The van der Waals surface area contributed by atoms with Crippen LogP contribution in [0.2, 0.25) is 0 Å². The number of hydrogen-bond donors (Lipinski definition) is 2. The molecule has 0 atom stereocenters. The fourth-order valence-corrected chi connectivity index (χ4v) is 3.26. The number of aromatic amines is 1. The summed E-state index contributed by atoms with van der Waals surface area (Å²) < 4.78 is 0. The third-order valence-electron chi connectivity index (χ3n) is 3.80. The van der Waals surface area contributed by atoms with Gasteiger partial charge in [-0.2, -0.15) is 5.10 Å². The van der Waals surface area contributed by atoms with Gasteiger partial charge in [0.2, 0.25) is 0 Å². The van der Waals surface area contributed by atoms with Crippen LogP contribution < -0.4 is 11.0 Å². The van der Waals surface area contributed by atoms with E-state index < -0.39 is 0 Å². The molecule has 2 aromatic heterocycles. The van der Waals surface area contributed by atoms with Crippen molar-refractivity contribution in [3.05, 3.63) is 88.5 Å². The number of benzene rings is 2. The highest BCUT2D eigenvalue weighted by atomic mass is 32.2. The van der Waals surface area contributed by atoms with Gasteiger partial charge in [0.05, 0.1) is 18.1 Å². The van der Waals surface area contributed by atoms with Gasteiger partial charge in [0.1, 0.15) is 5.69 Å². The summed E-state index contributed by atoms with van der Waals surface area (Å²) in [6, 6.07) is 19.5. The minimum atomic E-state index is -0.320. The van der Waals surface area contributed by atoms with Gasteiger partial charge in [-0.3, -0.25) is 15.2 Å². The van der Waals surface area contributed by atoms with E-state index in [1.54, 1.807) is 0 Å². The maximum atomic E-state index is 12.4. The number of thioether (sulfide) groups is 1. The summed E-state index contributed by atoms with van der Waals surface area (Å²) in [6.07, 6.45) is 3.05. The third kappa shape index (κ3) is 4.41. The minimum Gasteiger partial charge on any atom is -0.299 e. The number of rotatable bonds is 6. The quantitative estimate of drug-likeness (QED) is 0.227. The van der Waals surface area contributed by atoms with Crippen molar-refractivity contribution in [1.82, 2.24) is 19.9 Å². The lowest BCUT2D eigenvalue weighted by Crippen LogP contribution is -2.13. The Morgan fingerprint density at radius 2 is 1.79 bits per heavy atom. The molecule has 2 heterocycles. The van der Waals surface area contributed by atoms with Crippen LogP contribution in [0, 0.1) is 0 Å². The van der Waals surface area contributed by atoms with E-state index in [0.29, 0.717) is 22.3 Å². The first-order valence-electron chi connectivity index (χ1n) is 8.56. The molecule has 138 valence electrons. The molecular formula is C20H16N6OS. The Bertz CT molecular complexity index is 1160. The van der Waals surface area contributed by atoms with Crippen molar-refractivity contribution in [2.45, 2.75) is 10.9 Å². The van der Waals surface area contributed by atoms with Gasteiger partial charge in [0.25, 0.3) is 5.56 Å². The van der Waals surface area contributed by atoms with E-state index >= 15 is 0 Å². The van der Waals surface area contributed by atoms with Gasteiger partial charge < -0.3 is 0 Å². The first-order chi connectivity index (χ1) is 13.8. The number of fused-ring (bicyclic) bond motifs is 1. The molecule has 28 heavy (non-hydrogen) atoms. The number of H-pyrrole nitrogens is 1. The lowest BCUT2D eigenvalue weighted by Gasteiger charge is -2.03. The second-order valence-corrected chi connectivity index (χ2v) is 6.81. The van der Waals surface area contributed by atoms with Crippen molar-refractivity contribution in [1.29, 1.82) is 0 Å². The minimum absolute atomic E-state index is 0.188. The molecule has 0 saturated heterocycles. The van der Waals surface area contributed by atoms with Crippen molar-refractivity contribution in [2.75, 3.05) is 5.43 Å². The monoisotopic (exact) mass is 388 g/mol. The molecule has 7 nitrogen and oxygen atoms in total. The Morgan fingerprint density at radius 1 is 1.04 bits per heavy atom. The molecule has 4 rings (SSSR count). The van der Waals surface area contributed by atoms with E-state index in [4.69, 9.17) is 0 Å². The normalized spacial score (nSPS) is 11.1. The zero-order valence-electron chi connectivity index (χ0n) is 14.7. The van der Waals surface area contributed by atoms with Gasteiger partial charge in [-0.05, 0) is 17.7 Å². The van der Waals surface area contributed by atoms with Gasteiger partial charge in [-0.25, -0.2) is 15.0 Å². The smallest absolute Gasteiger partial charge is 0.279 e. The van der Waals surface area contributed by atoms with Crippen molar-refractivity contribution >= 4 is 34.8 Å². The van der Waals surface area contributed by atoms with Gasteiger partial charge in [0.15, 0.2) is 16.3 Å². The van der Waals surface area contributed by atoms with Crippen LogP contribution in [0.5, 0.6) is 0 Å². The van der Waals surface area contributed by atoms with E-state index in [1.165, 1.54) is 24.2 Å². The number of hydrazone groups is 1. The summed E-state index contributed by atoms with van der Waals surface area (Å²) in [5.74, 6) is 0.707. The Balaban J connectivity index is 1.50.